The number of rotatable bonds is 9. The summed E-state index contributed by atoms with van der Waals surface area (Å²) in [6.45, 7) is 2.30. The second-order valence-electron chi connectivity index (χ2n) is 9.55. The van der Waals surface area contributed by atoms with Gasteiger partial charge in [-0.15, -0.1) is 10.2 Å². The lowest BCUT2D eigenvalue weighted by molar-refractivity contribution is 0.0593. The third-order valence-electron chi connectivity index (χ3n) is 6.96. The van der Waals surface area contributed by atoms with E-state index in [1.807, 2.05) is 12.1 Å². The Bertz CT molecular complexity index is 1170. The lowest BCUT2D eigenvalue weighted by Gasteiger charge is -2.21. The standard InChI is InChI=1S/C26H31ClN6O3/c27-21-6-5-19(36-12-9-17-7-10-35-11-8-17)14-20(21)22-15-23(29-16-28-22)31-26(34)25-30-24(32-33-25)13-18-3-1-2-4-18/h5-6,14-18H,1-4,7-13H2,(H,30,32,33)(H,28,29,31,34). The summed E-state index contributed by atoms with van der Waals surface area (Å²) in [5.74, 6) is 2.84. The van der Waals surface area contributed by atoms with E-state index in [1.54, 1.807) is 12.1 Å². The number of anilines is 1. The van der Waals surface area contributed by atoms with Gasteiger partial charge in [0.25, 0.3) is 5.91 Å². The molecule has 2 fully saturated rings. The summed E-state index contributed by atoms with van der Waals surface area (Å²) in [6, 6.07) is 7.20. The fraction of sp³-hybridized carbons (Fsp3) is 0.500. The normalized spacial score (nSPS) is 16.8. The van der Waals surface area contributed by atoms with Crippen molar-refractivity contribution in [3.8, 4) is 17.0 Å². The number of nitrogens with zero attached hydrogens (tertiary/aromatic N) is 4. The smallest absolute Gasteiger partial charge is 0.294 e. The number of halogens is 1. The molecular weight excluding hydrogens is 480 g/mol. The molecule has 0 unspecified atom stereocenters. The first-order valence-corrected chi connectivity index (χ1v) is 13.1. The predicted molar refractivity (Wildman–Crippen MR) is 136 cm³/mol. The molecule has 2 N–H and O–H groups in total. The number of aromatic amines is 1. The number of hydrogen-bond acceptors (Lipinski definition) is 7. The molecule has 1 saturated heterocycles. The van der Waals surface area contributed by atoms with Gasteiger partial charge in [0.05, 0.1) is 17.3 Å². The molecule has 1 saturated carbocycles. The summed E-state index contributed by atoms with van der Waals surface area (Å²) in [6.07, 6.45) is 10.3. The van der Waals surface area contributed by atoms with Gasteiger partial charge in [0.1, 0.15) is 23.7 Å². The van der Waals surface area contributed by atoms with E-state index < -0.39 is 5.91 Å². The zero-order valence-electron chi connectivity index (χ0n) is 20.2. The number of hydrogen-bond donors (Lipinski definition) is 2. The topological polar surface area (TPSA) is 115 Å². The molecule has 1 aromatic carbocycles. The van der Waals surface area contributed by atoms with Crippen LogP contribution in [-0.2, 0) is 11.2 Å². The van der Waals surface area contributed by atoms with E-state index in [0.29, 0.717) is 40.5 Å². The number of carbonyl (C=O) groups excluding carboxylic acids is 1. The zero-order chi connectivity index (χ0) is 24.7. The maximum Gasteiger partial charge on any atom is 0.294 e. The van der Waals surface area contributed by atoms with Crippen molar-refractivity contribution in [1.29, 1.82) is 0 Å². The molecule has 10 heteroatoms. The van der Waals surface area contributed by atoms with E-state index >= 15 is 0 Å². The van der Waals surface area contributed by atoms with E-state index in [9.17, 15) is 4.79 Å². The van der Waals surface area contributed by atoms with Crippen molar-refractivity contribution in [2.24, 2.45) is 11.8 Å². The van der Waals surface area contributed by atoms with Gasteiger partial charge in [-0.3, -0.25) is 4.79 Å². The lowest BCUT2D eigenvalue weighted by atomic mass is 9.97. The minimum absolute atomic E-state index is 0.168. The number of aromatic nitrogens is 5. The molecule has 0 spiro atoms. The summed E-state index contributed by atoms with van der Waals surface area (Å²) >= 11 is 6.47. The van der Waals surface area contributed by atoms with Crippen LogP contribution in [0, 0.1) is 11.8 Å². The zero-order valence-corrected chi connectivity index (χ0v) is 21.0. The SMILES string of the molecule is O=C(Nc1cc(-c2cc(OCCC3CCOCC3)ccc2Cl)ncn1)c1nnc(CC2CCCC2)[nH]1. The van der Waals surface area contributed by atoms with Crippen LogP contribution >= 0.6 is 11.6 Å². The molecule has 190 valence electrons. The van der Waals surface area contributed by atoms with Crippen LogP contribution < -0.4 is 10.1 Å². The summed E-state index contributed by atoms with van der Waals surface area (Å²) in [7, 11) is 0. The maximum atomic E-state index is 12.7. The fourth-order valence-electron chi connectivity index (χ4n) is 4.90. The van der Waals surface area contributed by atoms with Gasteiger partial charge in [0.15, 0.2) is 0 Å². The van der Waals surface area contributed by atoms with Gasteiger partial charge in [0, 0.05) is 31.3 Å². The largest absolute Gasteiger partial charge is 0.494 e. The number of ether oxygens (including phenoxy) is 2. The first-order chi connectivity index (χ1) is 17.6. The van der Waals surface area contributed by atoms with Crippen LogP contribution in [0.2, 0.25) is 5.02 Å². The molecule has 0 atom stereocenters. The maximum absolute atomic E-state index is 12.7. The van der Waals surface area contributed by atoms with E-state index in [-0.39, 0.29) is 5.82 Å². The molecule has 2 aromatic heterocycles. The highest BCUT2D eigenvalue weighted by Gasteiger charge is 2.20. The Hall–Kier alpha value is -3.04. The van der Waals surface area contributed by atoms with Crippen LogP contribution in [0.4, 0.5) is 5.82 Å². The first kappa shape index (κ1) is 24.6. The molecule has 36 heavy (non-hydrogen) atoms. The van der Waals surface area contributed by atoms with Crippen molar-refractivity contribution in [3.63, 3.8) is 0 Å². The number of H-pyrrole nitrogens is 1. The second-order valence-corrected chi connectivity index (χ2v) is 9.96. The molecule has 2 aliphatic rings. The first-order valence-electron chi connectivity index (χ1n) is 12.7. The summed E-state index contributed by atoms with van der Waals surface area (Å²) in [4.78, 5) is 24.3. The van der Waals surface area contributed by atoms with Crippen LogP contribution in [0.25, 0.3) is 11.3 Å². The number of benzene rings is 1. The summed E-state index contributed by atoms with van der Waals surface area (Å²) < 4.78 is 11.4. The van der Waals surface area contributed by atoms with Crippen molar-refractivity contribution in [3.05, 3.63) is 47.3 Å². The summed E-state index contributed by atoms with van der Waals surface area (Å²) in [5, 5.41) is 11.5. The van der Waals surface area contributed by atoms with Crippen molar-refractivity contribution in [2.45, 2.75) is 51.4 Å². The van der Waals surface area contributed by atoms with Gasteiger partial charge in [-0.2, -0.15) is 0 Å². The Morgan fingerprint density at radius 3 is 2.75 bits per heavy atom. The molecule has 0 radical (unpaired) electrons. The van der Waals surface area contributed by atoms with Gasteiger partial charge in [-0.25, -0.2) is 9.97 Å². The minimum Gasteiger partial charge on any atom is -0.494 e. The van der Waals surface area contributed by atoms with Gasteiger partial charge >= 0.3 is 0 Å². The fourth-order valence-corrected chi connectivity index (χ4v) is 5.11. The van der Waals surface area contributed by atoms with Gasteiger partial charge < -0.3 is 19.8 Å². The molecule has 1 aliphatic heterocycles. The molecule has 0 bridgehead atoms. The van der Waals surface area contributed by atoms with Crippen LogP contribution in [-0.4, -0.2) is 50.9 Å². The van der Waals surface area contributed by atoms with E-state index in [4.69, 9.17) is 21.1 Å². The van der Waals surface area contributed by atoms with Crippen LogP contribution in [0.1, 0.15) is 61.4 Å². The highest BCUT2D eigenvalue weighted by atomic mass is 35.5. The Morgan fingerprint density at radius 1 is 1.08 bits per heavy atom. The Balaban J connectivity index is 1.21. The average molecular weight is 511 g/mol. The van der Waals surface area contributed by atoms with Crippen molar-refractivity contribution >= 4 is 23.3 Å². The van der Waals surface area contributed by atoms with E-state index in [0.717, 1.165) is 50.5 Å². The van der Waals surface area contributed by atoms with E-state index in [1.165, 1.54) is 32.0 Å². The Kier molecular flexibility index (Phi) is 8.08. The number of amides is 1. The van der Waals surface area contributed by atoms with Gasteiger partial charge in [0.2, 0.25) is 5.82 Å². The van der Waals surface area contributed by atoms with Crippen molar-refractivity contribution in [2.75, 3.05) is 25.1 Å². The van der Waals surface area contributed by atoms with Crippen LogP contribution in [0.3, 0.4) is 0 Å². The van der Waals surface area contributed by atoms with Crippen LogP contribution in [0.15, 0.2) is 30.6 Å². The Morgan fingerprint density at radius 2 is 1.92 bits per heavy atom. The van der Waals surface area contributed by atoms with E-state index in [2.05, 4.69) is 30.5 Å². The highest BCUT2D eigenvalue weighted by molar-refractivity contribution is 6.33. The average Bonchev–Trinajstić information content (AvgIpc) is 3.59. The predicted octanol–water partition coefficient (Wildman–Crippen LogP) is 5.10. The molecule has 3 aromatic rings. The third-order valence-corrected chi connectivity index (χ3v) is 7.29. The van der Waals surface area contributed by atoms with Gasteiger partial charge in [-0.1, -0.05) is 37.3 Å². The molecule has 9 nitrogen and oxygen atoms in total. The van der Waals surface area contributed by atoms with Gasteiger partial charge in [-0.05, 0) is 49.3 Å². The minimum atomic E-state index is -0.402. The van der Waals surface area contributed by atoms with Crippen molar-refractivity contribution in [1.82, 2.24) is 25.1 Å². The molecule has 5 rings (SSSR count). The number of carbonyl (C=O) groups is 1. The van der Waals surface area contributed by atoms with Crippen LogP contribution in [0.5, 0.6) is 5.75 Å². The molecular formula is C26H31ClN6O3. The molecule has 1 aliphatic carbocycles. The summed E-state index contributed by atoms with van der Waals surface area (Å²) in [5.41, 5.74) is 1.29. The quantitative estimate of drug-likeness (QED) is 0.411. The molecule has 3 heterocycles. The third kappa shape index (κ3) is 6.39. The molecule has 1 amide bonds. The lowest BCUT2D eigenvalue weighted by Crippen LogP contribution is -2.17. The van der Waals surface area contributed by atoms with Crippen molar-refractivity contribution < 1.29 is 14.3 Å². The second kappa shape index (κ2) is 11.8. The number of nitrogens with one attached hydrogen (secondary N) is 2. The highest BCUT2D eigenvalue weighted by Crippen LogP contribution is 2.31. The Labute approximate surface area is 215 Å². The monoisotopic (exact) mass is 510 g/mol.